The highest BCUT2D eigenvalue weighted by Gasteiger charge is 2.31. The minimum Gasteiger partial charge on any atom is -0.405 e. The van der Waals surface area contributed by atoms with Crippen LogP contribution in [0.25, 0.3) is 0 Å². The van der Waals surface area contributed by atoms with Crippen molar-refractivity contribution in [3.63, 3.8) is 0 Å². The summed E-state index contributed by atoms with van der Waals surface area (Å²) in [6, 6.07) is 5.43. The number of hydrogen-bond acceptors (Lipinski definition) is 1. The first kappa shape index (κ1) is 8.90. The molecular weight excluding hydrogens is 169 g/mol. The lowest BCUT2D eigenvalue weighted by Crippen LogP contribution is -2.17. The van der Waals surface area contributed by atoms with Crippen molar-refractivity contribution in [2.75, 3.05) is 0 Å². The second-order valence-electron chi connectivity index (χ2n) is 2.09. The highest BCUT2D eigenvalue weighted by molar-refractivity contribution is 5.35. The molecule has 0 aliphatic heterocycles. The molecule has 0 unspecified atom stereocenters. The lowest BCUT2D eigenvalue weighted by molar-refractivity contribution is -0.274. The van der Waals surface area contributed by atoms with Gasteiger partial charge in [-0.05, 0) is 11.6 Å². The van der Waals surface area contributed by atoms with Gasteiger partial charge >= 0.3 is 6.36 Å². The average molecular weight is 174 g/mol. The van der Waals surface area contributed by atoms with Crippen LogP contribution in [0.4, 0.5) is 13.2 Å². The summed E-state index contributed by atoms with van der Waals surface area (Å²) in [7, 11) is 0. The summed E-state index contributed by atoms with van der Waals surface area (Å²) in [5.41, 5.74) is -0.0326. The Morgan fingerprint density at radius 1 is 1.17 bits per heavy atom. The zero-order chi connectivity index (χ0) is 9.19. The zero-order valence-corrected chi connectivity index (χ0v) is 5.93. The van der Waals surface area contributed by atoms with Crippen LogP contribution in [0, 0.1) is 6.92 Å². The van der Waals surface area contributed by atoms with Crippen molar-refractivity contribution in [1.29, 1.82) is 0 Å². The van der Waals surface area contributed by atoms with Crippen LogP contribution in [-0.4, -0.2) is 6.36 Å². The Labute approximate surface area is 67.8 Å². The molecule has 0 aliphatic carbocycles. The van der Waals surface area contributed by atoms with Crippen LogP contribution in [-0.2, 0) is 0 Å². The molecule has 0 fully saturated rings. The fourth-order valence-electron chi connectivity index (χ4n) is 0.698. The largest absolute Gasteiger partial charge is 0.573 e. The topological polar surface area (TPSA) is 9.23 Å². The van der Waals surface area contributed by atoms with E-state index < -0.39 is 6.36 Å². The third-order valence-corrected chi connectivity index (χ3v) is 1.14. The molecule has 0 bridgehead atoms. The number of halogens is 3. The molecule has 0 aromatic heterocycles. The molecule has 64 valence electrons. The molecule has 0 heterocycles. The number of benzene rings is 1. The molecule has 0 saturated carbocycles. The molecule has 0 saturated heterocycles. The van der Waals surface area contributed by atoms with Gasteiger partial charge < -0.3 is 4.74 Å². The van der Waals surface area contributed by atoms with E-state index in [1.165, 1.54) is 18.2 Å². The van der Waals surface area contributed by atoms with Gasteiger partial charge in [0, 0.05) is 6.92 Å². The number of ether oxygens (including phenoxy) is 1. The van der Waals surface area contributed by atoms with Crippen LogP contribution in [0.1, 0.15) is 5.56 Å². The van der Waals surface area contributed by atoms with Crippen LogP contribution in [0.3, 0.4) is 0 Å². The molecule has 0 amide bonds. The van der Waals surface area contributed by atoms with E-state index in [-0.39, 0.29) is 11.3 Å². The summed E-state index contributed by atoms with van der Waals surface area (Å²) >= 11 is 0. The first-order valence-electron chi connectivity index (χ1n) is 3.09. The Morgan fingerprint density at radius 2 is 1.75 bits per heavy atom. The zero-order valence-electron chi connectivity index (χ0n) is 5.93. The van der Waals surface area contributed by atoms with E-state index in [0.717, 1.165) is 6.07 Å². The van der Waals surface area contributed by atoms with Gasteiger partial charge in [-0.2, -0.15) is 0 Å². The van der Waals surface area contributed by atoms with Crippen molar-refractivity contribution in [2.45, 2.75) is 6.36 Å². The quantitative estimate of drug-likeness (QED) is 0.635. The third kappa shape index (κ3) is 2.45. The maximum absolute atomic E-state index is 11.6. The van der Waals surface area contributed by atoms with E-state index in [9.17, 15) is 13.2 Å². The number of rotatable bonds is 1. The van der Waals surface area contributed by atoms with Gasteiger partial charge in [0.2, 0.25) is 0 Å². The molecule has 1 nitrogen and oxygen atoms in total. The van der Waals surface area contributed by atoms with E-state index >= 15 is 0 Å². The Balaban J connectivity index is 2.83. The van der Waals surface area contributed by atoms with Crippen molar-refractivity contribution in [2.24, 2.45) is 0 Å². The third-order valence-electron chi connectivity index (χ3n) is 1.14. The van der Waals surface area contributed by atoms with Gasteiger partial charge in [-0.3, -0.25) is 0 Å². The minimum absolute atomic E-state index is 0.0326. The van der Waals surface area contributed by atoms with Crippen LogP contribution in [0.2, 0.25) is 0 Å². The van der Waals surface area contributed by atoms with Gasteiger partial charge in [-0.25, -0.2) is 0 Å². The predicted octanol–water partition coefficient (Wildman–Crippen LogP) is 2.64. The van der Waals surface area contributed by atoms with Gasteiger partial charge in [0.15, 0.2) is 0 Å². The summed E-state index contributed by atoms with van der Waals surface area (Å²) < 4.78 is 38.5. The molecule has 0 aliphatic rings. The molecule has 4 heteroatoms. The molecule has 1 rings (SSSR count). The van der Waals surface area contributed by atoms with E-state index in [4.69, 9.17) is 6.92 Å². The van der Waals surface area contributed by atoms with Crippen molar-refractivity contribution in [3.05, 3.63) is 36.8 Å². The molecule has 0 atom stereocenters. The molecular formula is C8H5F3O. The molecule has 1 aromatic carbocycles. The lowest BCUT2D eigenvalue weighted by atomic mass is 10.2. The van der Waals surface area contributed by atoms with Crippen LogP contribution in [0.15, 0.2) is 24.3 Å². The van der Waals surface area contributed by atoms with E-state index in [0.29, 0.717) is 0 Å². The van der Waals surface area contributed by atoms with Gasteiger partial charge in [-0.15, -0.1) is 13.2 Å². The maximum atomic E-state index is 11.6. The highest BCUT2D eigenvalue weighted by atomic mass is 19.4. The molecule has 12 heavy (non-hydrogen) atoms. The normalized spacial score (nSPS) is 11.3. The standard InChI is InChI=1S/C8H5F3O/c1-6-4-2-3-5-7(6)12-8(9,10)11/h1-5H. The summed E-state index contributed by atoms with van der Waals surface area (Å²) in [5, 5.41) is 0. The summed E-state index contributed by atoms with van der Waals surface area (Å²) in [6.45, 7) is 5.20. The van der Waals surface area contributed by atoms with E-state index in [1.54, 1.807) is 0 Å². The van der Waals surface area contributed by atoms with E-state index in [2.05, 4.69) is 4.74 Å². The smallest absolute Gasteiger partial charge is 0.405 e. The molecule has 0 spiro atoms. The predicted molar refractivity (Wildman–Crippen MR) is 36.5 cm³/mol. The Bertz CT molecular complexity index is 267. The summed E-state index contributed by atoms with van der Waals surface area (Å²) in [6.07, 6.45) is -4.69. The van der Waals surface area contributed by atoms with Crippen LogP contribution in [0.5, 0.6) is 5.75 Å². The Hall–Kier alpha value is -1.19. The van der Waals surface area contributed by atoms with Gasteiger partial charge in [0.05, 0.1) is 0 Å². The van der Waals surface area contributed by atoms with Crippen LogP contribution >= 0.6 is 0 Å². The van der Waals surface area contributed by atoms with E-state index in [1.807, 2.05) is 0 Å². The second-order valence-corrected chi connectivity index (χ2v) is 2.09. The number of alkyl halides is 3. The first-order valence-corrected chi connectivity index (χ1v) is 3.09. The fraction of sp³-hybridized carbons (Fsp3) is 0.125. The van der Waals surface area contributed by atoms with Crippen molar-refractivity contribution in [3.8, 4) is 5.75 Å². The first-order chi connectivity index (χ1) is 5.49. The lowest BCUT2D eigenvalue weighted by Gasteiger charge is -2.09. The SMILES string of the molecule is [CH]c1ccccc1OC(F)(F)F. The van der Waals surface area contributed by atoms with Crippen molar-refractivity contribution >= 4 is 0 Å². The second kappa shape index (κ2) is 3.05. The summed E-state index contributed by atoms with van der Waals surface area (Å²) in [5.74, 6) is -0.370. The Morgan fingerprint density at radius 3 is 2.25 bits per heavy atom. The number of hydrogen-bond donors (Lipinski definition) is 0. The van der Waals surface area contributed by atoms with Crippen molar-refractivity contribution < 1.29 is 17.9 Å². The van der Waals surface area contributed by atoms with Gasteiger partial charge in [-0.1, -0.05) is 18.2 Å². The summed E-state index contributed by atoms with van der Waals surface area (Å²) in [4.78, 5) is 0. The fourth-order valence-corrected chi connectivity index (χ4v) is 0.698. The molecule has 0 N–H and O–H groups in total. The Kier molecular flexibility index (Phi) is 2.26. The highest BCUT2D eigenvalue weighted by Crippen LogP contribution is 2.24. The molecule has 2 radical (unpaired) electrons. The van der Waals surface area contributed by atoms with Gasteiger partial charge in [0.25, 0.3) is 0 Å². The maximum Gasteiger partial charge on any atom is 0.573 e. The van der Waals surface area contributed by atoms with Crippen LogP contribution < -0.4 is 4.74 Å². The minimum atomic E-state index is -4.69. The monoisotopic (exact) mass is 174 g/mol. The van der Waals surface area contributed by atoms with Crippen molar-refractivity contribution in [1.82, 2.24) is 0 Å². The average Bonchev–Trinajstić information content (AvgIpc) is 1.91. The molecule has 1 aromatic rings. The van der Waals surface area contributed by atoms with Gasteiger partial charge in [0.1, 0.15) is 5.75 Å². The number of para-hydroxylation sites is 1.